The molecule has 3 aromatic carbocycles. The van der Waals surface area contributed by atoms with Crippen LogP contribution in [0, 0.1) is 0 Å². The molecular weight excluding hydrogens is 312 g/mol. The normalized spacial score (nSPS) is 10.3. The molecule has 0 radical (unpaired) electrons. The van der Waals surface area contributed by atoms with Crippen molar-refractivity contribution in [1.29, 1.82) is 0 Å². The van der Waals surface area contributed by atoms with E-state index in [0.717, 1.165) is 0 Å². The zero-order valence-corrected chi connectivity index (χ0v) is 13.0. The van der Waals surface area contributed by atoms with Gasteiger partial charge in [0.15, 0.2) is 0 Å². The van der Waals surface area contributed by atoms with Crippen LogP contribution < -0.4 is 20.9 Å². The van der Waals surface area contributed by atoms with Crippen LogP contribution >= 0.6 is 11.6 Å². The summed E-state index contributed by atoms with van der Waals surface area (Å²) >= 11 is 6.13. The molecule has 116 valence electrons. The molecule has 23 heavy (non-hydrogen) atoms. The Morgan fingerprint density at radius 1 is 0.565 bits per heavy atom. The van der Waals surface area contributed by atoms with Crippen LogP contribution in [-0.2, 0) is 0 Å². The van der Waals surface area contributed by atoms with Gasteiger partial charge in [0.25, 0.3) is 0 Å². The maximum absolute atomic E-state index is 6.13. The van der Waals surface area contributed by atoms with E-state index in [1.165, 1.54) is 0 Å². The zero-order chi connectivity index (χ0) is 16.2. The van der Waals surface area contributed by atoms with Gasteiger partial charge in [-0.1, -0.05) is 11.6 Å². The van der Waals surface area contributed by atoms with Crippen LogP contribution in [0.5, 0.6) is 23.0 Å². The van der Waals surface area contributed by atoms with Gasteiger partial charge in [0.05, 0.1) is 0 Å². The second-order valence-electron chi connectivity index (χ2n) is 4.96. The molecule has 0 unspecified atom stereocenters. The lowest BCUT2D eigenvalue weighted by Gasteiger charge is -2.10. The lowest BCUT2D eigenvalue weighted by molar-refractivity contribution is 0.460. The van der Waals surface area contributed by atoms with Crippen LogP contribution in [0.2, 0.25) is 5.02 Å². The number of hydrogen-bond donors (Lipinski definition) is 2. The highest BCUT2D eigenvalue weighted by atomic mass is 35.5. The largest absolute Gasteiger partial charge is 0.457 e. The smallest absolute Gasteiger partial charge is 0.132 e. The highest BCUT2D eigenvalue weighted by molar-refractivity contribution is 6.30. The molecular formula is C18H15ClN2O2. The van der Waals surface area contributed by atoms with E-state index in [-0.39, 0.29) is 0 Å². The van der Waals surface area contributed by atoms with E-state index < -0.39 is 0 Å². The van der Waals surface area contributed by atoms with Crippen molar-refractivity contribution in [3.8, 4) is 23.0 Å². The number of rotatable bonds is 4. The Bertz CT molecular complexity index is 737. The first-order chi connectivity index (χ1) is 11.1. The first-order valence-corrected chi connectivity index (χ1v) is 7.34. The summed E-state index contributed by atoms with van der Waals surface area (Å²) in [5, 5.41) is 0.517. The first-order valence-electron chi connectivity index (χ1n) is 6.96. The van der Waals surface area contributed by atoms with Crippen molar-refractivity contribution in [1.82, 2.24) is 0 Å². The van der Waals surface area contributed by atoms with Gasteiger partial charge in [-0.3, -0.25) is 0 Å². The average Bonchev–Trinajstić information content (AvgIpc) is 2.51. The van der Waals surface area contributed by atoms with E-state index in [9.17, 15) is 0 Å². The highest BCUT2D eigenvalue weighted by Gasteiger charge is 2.05. The average molecular weight is 327 g/mol. The van der Waals surface area contributed by atoms with E-state index in [2.05, 4.69) is 0 Å². The summed E-state index contributed by atoms with van der Waals surface area (Å²) in [5.41, 5.74) is 12.7. The van der Waals surface area contributed by atoms with Gasteiger partial charge in [-0.2, -0.15) is 0 Å². The standard InChI is InChI=1S/C18H15ClN2O2/c19-12-9-17(22-15-5-1-13(20)2-6-15)11-18(10-12)23-16-7-3-14(21)4-8-16/h1-11H,20-21H2. The quantitative estimate of drug-likeness (QED) is 0.655. The first kappa shape index (κ1) is 15.1. The van der Waals surface area contributed by atoms with Gasteiger partial charge >= 0.3 is 0 Å². The zero-order valence-electron chi connectivity index (χ0n) is 12.2. The molecule has 0 spiro atoms. The summed E-state index contributed by atoms with van der Waals surface area (Å²) in [4.78, 5) is 0. The molecule has 0 amide bonds. The Morgan fingerprint density at radius 3 is 1.35 bits per heavy atom. The SMILES string of the molecule is Nc1ccc(Oc2cc(Cl)cc(Oc3ccc(N)cc3)c2)cc1. The van der Waals surface area contributed by atoms with Crippen molar-refractivity contribution in [3.63, 3.8) is 0 Å². The fourth-order valence-corrected chi connectivity index (χ4v) is 2.21. The fourth-order valence-electron chi connectivity index (χ4n) is 2.00. The lowest BCUT2D eigenvalue weighted by Crippen LogP contribution is -1.89. The minimum absolute atomic E-state index is 0.517. The topological polar surface area (TPSA) is 70.5 Å². The summed E-state index contributed by atoms with van der Waals surface area (Å²) in [5.74, 6) is 2.49. The van der Waals surface area contributed by atoms with Crippen LogP contribution in [0.1, 0.15) is 0 Å². The number of nitrogen functional groups attached to an aromatic ring is 2. The molecule has 0 aromatic heterocycles. The third-order valence-corrected chi connectivity index (χ3v) is 3.29. The predicted molar refractivity (Wildman–Crippen MR) is 93.3 cm³/mol. The van der Waals surface area contributed by atoms with Crippen molar-refractivity contribution >= 4 is 23.0 Å². The van der Waals surface area contributed by atoms with Gasteiger partial charge in [0, 0.05) is 22.5 Å². The molecule has 5 heteroatoms. The summed E-state index contributed by atoms with van der Waals surface area (Å²) < 4.78 is 11.5. The van der Waals surface area contributed by atoms with E-state index in [1.807, 2.05) is 0 Å². The molecule has 0 bridgehead atoms. The Hall–Kier alpha value is -2.85. The maximum Gasteiger partial charge on any atom is 0.132 e. The van der Waals surface area contributed by atoms with Crippen molar-refractivity contribution in [2.24, 2.45) is 0 Å². The van der Waals surface area contributed by atoms with Crippen molar-refractivity contribution in [2.75, 3.05) is 11.5 Å². The third kappa shape index (κ3) is 4.08. The van der Waals surface area contributed by atoms with Crippen molar-refractivity contribution < 1.29 is 9.47 Å². The number of hydrogen-bond acceptors (Lipinski definition) is 4. The van der Waals surface area contributed by atoms with E-state index in [1.54, 1.807) is 66.7 Å². The molecule has 3 aromatic rings. The maximum atomic E-state index is 6.13. The highest BCUT2D eigenvalue weighted by Crippen LogP contribution is 2.32. The van der Waals surface area contributed by atoms with Crippen LogP contribution in [0.3, 0.4) is 0 Å². The fraction of sp³-hybridized carbons (Fsp3) is 0. The molecule has 4 N–H and O–H groups in total. The molecule has 4 nitrogen and oxygen atoms in total. The van der Waals surface area contributed by atoms with Crippen LogP contribution in [0.25, 0.3) is 0 Å². The van der Waals surface area contributed by atoms with Crippen molar-refractivity contribution in [3.05, 3.63) is 71.8 Å². The summed E-state index contributed by atoms with van der Waals surface area (Å²) in [6.45, 7) is 0. The monoisotopic (exact) mass is 326 g/mol. The number of anilines is 2. The number of nitrogens with two attached hydrogens (primary N) is 2. The molecule has 0 saturated heterocycles. The summed E-state index contributed by atoms with van der Waals surface area (Å²) in [6, 6.07) is 19.4. The van der Waals surface area contributed by atoms with Crippen LogP contribution in [-0.4, -0.2) is 0 Å². The minimum Gasteiger partial charge on any atom is -0.457 e. The van der Waals surface area contributed by atoms with Crippen LogP contribution in [0.15, 0.2) is 66.7 Å². The minimum atomic E-state index is 0.517. The lowest BCUT2D eigenvalue weighted by atomic mass is 10.3. The molecule has 0 aliphatic rings. The number of benzene rings is 3. The predicted octanol–water partition coefficient (Wildman–Crippen LogP) is 5.09. The molecule has 0 atom stereocenters. The number of ether oxygens (including phenoxy) is 2. The van der Waals surface area contributed by atoms with Gasteiger partial charge in [-0.25, -0.2) is 0 Å². The third-order valence-electron chi connectivity index (χ3n) is 3.08. The molecule has 0 saturated carbocycles. The molecule has 0 aliphatic heterocycles. The van der Waals surface area contributed by atoms with Gasteiger partial charge in [0.2, 0.25) is 0 Å². The molecule has 3 rings (SSSR count). The Kier molecular flexibility index (Phi) is 4.26. The molecule has 0 fully saturated rings. The molecule has 0 heterocycles. The van der Waals surface area contributed by atoms with Gasteiger partial charge < -0.3 is 20.9 Å². The van der Waals surface area contributed by atoms with Crippen molar-refractivity contribution in [2.45, 2.75) is 0 Å². The molecule has 0 aliphatic carbocycles. The van der Waals surface area contributed by atoms with Gasteiger partial charge in [-0.05, 0) is 60.7 Å². The van der Waals surface area contributed by atoms with E-state index in [0.29, 0.717) is 39.4 Å². The number of halogens is 1. The van der Waals surface area contributed by atoms with E-state index >= 15 is 0 Å². The van der Waals surface area contributed by atoms with Gasteiger partial charge in [-0.15, -0.1) is 0 Å². The van der Waals surface area contributed by atoms with Gasteiger partial charge in [0.1, 0.15) is 23.0 Å². The van der Waals surface area contributed by atoms with Crippen LogP contribution in [0.4, 0.5) is 11.4 Å². The Labute approximate surface area is 139 Å². The second-order valence-corrected chi connectivity index (χ2v) is 5.40. The Morgan fingerprint density at radius 2 is 0.957 bits per heavy atom. The second kappa shape index (κ2) is 6.50. The van der Waals surface area contributed by atoms with E-state index in [4.69, 9.17) is 32.5 Å². The Balaban J connectivity index is 1.81. The summed E-state index contributed by atoms with van der Waals surface area (Å²) in [7, 11) is 0. The summed E-state index contributed by atoms with van der Waals surface area (Å²) in [6.07, 6.45) is 0.